The summed E-state index contributed by atoms with van der Waals surface area (Å²) in [5, 5.41) is 1.27. The lowest BCUT2D eigenvalue weighted by atomic mass is 10.0. The quantitative estimate of drug-likeness (QED) is 0.853. The SMILES string of the molecule is CSCCC(N)c1c(C)[nH]c2ccccc12. The van der Waals surface area contributed by atoms with Gasteiger partial charge in [0.1, 0.15) is 0 Å². The first kappa shape index (κ1) is 11.6. The van der Waals surface area contributed by atoms with Crippen molar-refractivity contribution in [3.8, 4) is 0 Å². The van der Waals surface area contributed by atoms with E-state index in [-0.39, 0.29) is 6.04 Å². The average Bonchev–Trinajstić information content (AvgIpc) is 2.62. The summed E-state index contributed by atoms with van der Waals surface area (Å²) in [6.07, 6.45) is 3.15. The highest BCUT2D eigenvalue weighted by atomic mass is 32.2. The number of rotatable bonds is 4. The van der Waals surface area contributed by atoms with E-state index in [1.165, 1.54) is 22.2 Å². The zero-order chi connectivity index (χ0) is 11.5. The van der Waals surface area contributed by atoms with Gasteiger partial charge < -0.3 is 10.7 Å². The average molecular weight is 234 g/mol. The van der Waals surface area contributed by atoms with Gasteiger partial charge in [0.25, 0.3) is 0 Å². The minimum absolute atomic E-state index is 0.142. The fraction of sp³-hybridized carbons (Fsp3) is 0.385. The molecule has 0 saturated carbocycles. The number of para-hydroxylation sites is 1. The Morgan fingerprint density at radius 2 is 2.12 bits per heavy atom. The van der Waals surface area contributed by atoms with Crippen LogP contribution in [0.1, 0.15) is 23.7 Å². The van der Waals surface area contributed by atoms with E-state index in [1.54, 1.807) is 0 Å². The molecule has 2 rings (SSSR count). The number of aromatic nitrogens is 1. The largest absolute Gasteiger partial charge is 0.358 e. The van der Waals surface area contributed by atoms with Crippen molar-refractivity contribution < 1.29 is 0 Å². The van der Waals surface area contributed by atoms with E-state index >= 15 is 0 Å². The molecule has 1 atom stereocenters. The molecule has 86 valence electrons. The van der Waals surface area contributed by atoms with E-state index in [0.717, 1.165) is 12.2 Å². The molecule has 0 saturated heterocycles. The van der Waals surface area contributed by atoms with Gasteiger partial charge in [-0.2, -0.15) is 11.8 Å². The molecule has 0 bridgehead atoms. The summed E-state index contributed by atoms with van der Waals surface area (Å²) < 4.78 is 0. The Bertz CT molecular complexity index is 476. The van der Waals surface area contributed by atoms with E-state index in [2.05, 4.69) is 42.4 Å². The molecule has 2 aromatic rings. The van der Waals surface area contributed by atoms with Crippen LogP contribution >= 0.6 is 11.8 Å². The third kappa shape index (κ3) is 2.11. The Morgan fingerprint density at radius 3 is 2.88 bits per heavy atom. The van der Waals surface area contributed by atoms with Crippen molar-refractivity contribution in [2.45, 2.75) is 19.4 Å². The Kier molecular flexibility index (Phi) is 3.56. The number of benzene rings is 1. The summed E-state index contributed by atoms with van der Waals surface area (Å²) >= 11 is 1.85. The van der Waals surface area contributed by atoms with Crippen molar-refractivity contribution in [2.24, 2.45) is 5.73 Å². The standard InChI is InChI=1S/C13H18N2S/c1-9-13(11(14)7-8-16-2)10-5-3-4-6-12(10)15-9/h3-6,11,15H,7-8,14H2,1-2H3. The number of nitrogens with one attached hydrogen (secondary N) is 1. The van der Waals surface area contributed by atoms with Crippen LogP contribution in [-0.4, -0.2) is 17.0 Å². The van der Waals surface area contributed by atoms with Crippen molar-refractivity contribution in [3.63, 3.8) is 0 Å². The Hall–Kier alpha value is -0.930. The molecule has 0 spiro atoms. The smallest absolute Gasteiger partial charge is 0.0459 e. The van der Waals surface area contributed by atoms with Gasteiger partial charge in [-0.05, 0) is 37.0 Å². The van der Waals surface area contributed by atoms with Gasteiger partial charge >= 0.3 is 0 Å². The molecule has 0 radical (unpaired) electrons. The second-order valence-corrected chi connectivity index (χ2v) is 5.08. The van der Waals surface area contributed by atoms with Crippen LogP contribution in [0.4, 0.5) is 0 Å². The molecule has 1 aromatic heterocycles. The van der Waals surface area contributed by atoms with Crippen molar-refractivity contribution >= 4 is 22.7 Å². The predicted molar refractivity (Wildman–Crippen MR) is 73.0 cm³/mol. The molecule has 1 heterocycles. The van der Waals surface area contributed by atoms with Crippen molar-refractivity contribution in [2.75, 3.05) is 12.0 Å². The molecule has 0 amide bonds. The lowest BCUT2D eigenvalue weighted by molar-refractivity contribution is 0.706. The van der Waals surface area contributed by atoms with Crippen LogP contribution in [-0.2, 0) is 0 Å². The summed E-state index contributed by atoms with van der Waals surface area (Å²) in [5.74, 6) is 1.11. The van der Waals surface area contributed by atoms with Crippen LogP contribution in [0.3, 0.4) is 0 Å². The van der Waals surface area contributed by atoms with Crippen LogP contribution < -0.4 is 5.73 Å². The van der Waals surface area contributed by atoms with Crippen LogP contribution in [0.25, 0.3) is 10.9 Å². The van der Waals surface area contributed by atoms with E-state index in [0.29, 0.717) is 0 Å². The van der Waals surface area contributed by atoms with Crippen molar-refractivity contribution in [1.29, 1.82) is 0 Å². The number of hydrogen-bond acceptors (Lipinski definition) is 2. The van der Waals surface area contributed by atoms with Gasteiger partial charge in [-0.3, -0.25) is 0 Å². The van der Waals surface area contributed by atoms with E-state index in [4.69, 9.17) is 5.73 Å². The molecule has 0 aliphatic carbocycles. The van der Waals surface area contributed by atoms with Gasteiger partial charge in [0.05, 0.1) is 0 Å². The third-order valence-corrected chi connectivity index (χ3v) is 3.59. The molecule has 3 heteroatoms. The monoisotopic (exact) mass is 234 g/mol. The third-order valence-electron chi connectivity index (χ3n) is 2.95. The van der Waals surface area contributed by atoms with E-state index in [1.807, 2.05) is 11.8 Å². The minimum atomic E-state index is 0.142. The van der Waals surface area contributed by atoms with Crippen LogP contribution in [0, 0.1) is 6.92 Å². The lowest BCUT2D eigenvalue weighted by Gasteiger charge is -2.11. The maximum absolute atomic E-state index is 6.26. The molecular formula is C13H18N2S. The fourth-order valence-electron chi connectivity index (χ4n) is 2.17. The number of thioether (sulfide) groups is 1. The van der Waals surface area contributed by atoms with Crippen molar-refractivity contribution in [3.05, 3.63) is 35.5 Å². The van der Waals surface area contributed by atoms with Gasteiger partial charge in [-0.1, -0.05) is 18.2 Å². The second-order valence-electron chi connectivity index (χ2n) is 4.10. The van der Waals surface area contributed by atoms with Gasteiger partial charge in [-0.15, -0.1) is 0 Å². The highest BCUT2D eigenvalue weighted by Gasteiger charge is 2.14. The highest BCUT2D eigenvalue weighted by Crippen LogP contribution is 2.28. The minimum Gasteiger partial charge on any atom is -0.358 e. The molecule has 16 heavy (non-hydrogen) atoms. The van der Waals surface area contributed by atoms with Gasteiger partial charge in [0.15, 0.2) is 0 Å². The first-order valence-corrected chi connectivity index (χ1v) is 6.95. The number of aromatic amines is 1. The first-order valence-electron chi connectivity index (χ1n) is 5.55. The molecule has 2 nitrogen and oxygen atoms in total. The molecular weight excluding hydrogens is 216 g/mol. The number of H-pyrrole nitrogens is 1. The Morgan fingerprint density at radius 1 is 1.38 bits per heavy atom. The maximum Gasteiger partial charge on any atom is 0.0459 e. The fourth-order valence-corrected chi connectivity index (χ4v) is 2.65. The van der Waals surface area contributed by atoms with Gasteiger partial charge in [0, 0.05) is 22.6 Å². The number of fused-ring (bicyclic) bond motifs is 1. The summed E-state index contributed by atoms with van der Waals surface area (Å²) in [7, 11) is 0. The van der Waals surface area contributed by atoms with Crippen LogP contribution in [0.15, 0.2) is 24.3 Å². The summed E-state index contributed by atoms with van der Waals surface area (Å²) in [6, 6.07) is 8.51. The number of aryl methyl sites for hydroxylation is 1. The van der Waals surface area contributed by atoms with E-state index < -0.39 is 0 Å². The molecule has 0 aliphatic rings. The molecule has 1 aromatic carbocycles. The predicted octanol–water partition coefficient (Wildman–Crippen LogP) is 3.23. The first-order chi connectivity index (χ1) is 7.74. The summed E-state index contributed by atoms with van der Waals surface area (Å²) in [5.41, 5.74) is 9.93. The number of nitrogens with two attached hydrogens (primary N) is 1. The summed E-state index contributed by atoms with van der Waals surface area (Å²) in [4.78, 5) is 3.40. The Labute approximate surface area is 101 Å². The Balaban J connectivity index is 2.38. The van der Waals surface area contributed by atoms with Crippen molar-refractivity contribution in [1.82, 2.24) is 4.98 Å². The van der Waals surface area contributed by atoms with E-state index in [9.17, 15) is 0 Å². The van der Waals surface area contributed by atoms with Gasteiger partial charge in [-0.25, -0.2) is 0 Å². The zero-order valence-corrected chi connectivity index (χ0v) is 10.6. The van der Waals surface area contributed by atoms with Gasteiger partial charge in [0.2, 0.25) is 0 Å². The second kappa shape index (κ2) is 4.93. The van der Waals surface area contributed by atoms with Crippen LogP contribution in [0.2, 0.25) is 0 Å². The molecule has 0 aliphatic heterocycles. The highest BCUT2D eigenvalue weighted by molar-refractivity contribution is 7.98. The summed E-state index contributed by atoms with van der Waals surface area (Å²) in [6.45, 7) is 2.11. The maximum atomic E-state index is 6.26. The number of hydrogen-bond donors (Lipinski definition) is 2. The topological polar surface area (TPSA) is 41.8 Å². The van der Waals surface area contributed by atoms with Crippen LogP contribution in [0.5, 0.6) is 0 Å². The lowest BCUT2D eigenvalue weighted by Crippen LogP contribution is -2.11. The normalized spacial score (nSPS) is 13.2. The molecule has 3 N–H and O–H groups in total. The molecule has 1 unspecified atom stereocenters. The molecule has 0 fully saturated rings. The zero-order valence-electron chi connectivity index (χ0n) is 9.79.